The Kier molecular flexibility index (Phi) is 4.58. The van der Waals surface area contributed by atoms with Crippen molar-refractivity contribution in [2.45, 2.75) is 31.8 Å². The summed E-state index contributed by atoms with van der Waals surface area (Å²) >= 11 is 1.70. The summed E-state index contributed by atoms with van der Waals surface area (Å²) in [6.07, 6.45) is 2.45. The van der Waals surface area contributed by atoms with Crippen molar-refractivity contribution in [2.24, 2.45) is 0 Å². The average Bonchev–Trinajstić information content (AvgIpc) is 2.64. The fraction of sp³-hybridized carbons (Fsp3) is 0.636. The number of aliphatic hydroxyl groups is 1. The summed E-state index contributed by atoms with van der Waals surface area (Å²) in [5.41, 5.74) is 0.713. The number of hydrogen-bond acceptors (Lipinski definition) is 3. The first kappa shape index (κ1) is 11.7. The Hall–Kier alpha value is -0.380. The minimum atomic E-state index is -0.599. The first-order valence-corrected chi connectivity index (χ1v) is 5.81. The third kappa shape index (κ3) is 4.22. The van der Waals surface area contributed by atoms with Gasteiger partial charge in [0.2, 0.25) is 0 Å². The van der Waals surface area contributed by atoms with E-state index in [9.17, 15) is 5.11 Å². The summed E-state index contributed by atoms with van der Waals surface area (Å²) in [6, 6.07) is 2.11. The van der Waals surface area contributed by atoms with Gasteiger partial charge in [-0.25, -0.2) is 0 Å². The van der Waals surface area contributed by atoms with Crippen LogP contribution < -0.4 is 0 Å². The van der Waals surface area contributed by atoms with Crippen LogP contribution in [-0.4, -0.2) is 24.4 Å². The Morgan fingerprint density at radius 1 is 1.50 bits per heavy atom. The van der Waals surface area contributed by atoms with Gasteiger partial charge in [-0.1, -0.05) is 0 Å². The fourth-order valence-electron chi connectivity index (χ4n) is 1.30. The SMILES string of the molecule is COCCC(C)(O)CCc1ccsc1. The molecule has 0 amide bonds. The molecule has 0 aliphatic rings. The van der Waals surface area contributed by atoms with E-state index < -0.39 is 5.60 Å². The van der Waals surface area contributed by atoms with Gasteiger partial charge in [0.25, 0.3) is 0 Å². The lowest BCUT2D eigenvalue weighted by atomic mass is 9.95. The summed E-state index contributed by atoms with van der Waals surface area (Å²) in [6.45, 7) is 2.50. The molecule has 0 fully saturated rings. The summed E-state index contributed by atoms with van der Waals surface area (Å²) in [4.78, 5) is 0. The van der Waals surface area contributed by atoms with Crippen LogP contribution in [0.25, 0.3) is 0 Å². The predicted molar refractivity (Wildman–Crippen MR) is 59.8 cm³/mol. The molecule has 1 unspecified atom stereocenters. The molecule has 1 rings (SSSR count). The molecule has 0 aliphatic carbocycles. The molecule has 3 heteroatoms. The molecule has 14 heavy (non-hydrogen) atoms. The molecule has 1 aromatic heterocycles. The number of rotatable bonds is 6. The van der Waals surface area contributed by atoms with Crippen LogP contribution >= 0.6 is 11.3 Å². The standard InChI is InChI=1S/C11H18O2S/c1-11(12,6-7-13-2)5-3-10-4-8-14-9-10/h4,8-9,12H,3,5-7H2,1-2H3. The van der Waals surface area contributed by atoms with E-state index in [1.54, 1.807) is 18.4 Å². The van der Waals surface area contributed by atoms with Crippen molar-refractivity contribution in [1.29, 1.82) is 0 Å². The van der Waals surface area contributed by atoms with Crippen molar-refractivity contribution in [1.82, 2.24) is 0 Å². The molecule has 0 saturated heterocycles. The third-order valence-corrected chi connectivity index (χ3v) is 3.11. The number of methoxy groups -OCH3 is 1. The van der Waals surface area contributed by atoms with E-state index in [0.717, 1.165) is 12.8 Å². The number of ether oxygens (including phenoxy) is 1. The lowest BCUT2D eigenvalue weighted by Gasteiger charge is -2.22. The van der Waals surface area contributed by atoms with Crippen molar-refractivity contribution in [3.63, 3.8) is 0 Å². The van der Waals surface area contributed by atoms with Crippen LogP contribution in [0.4, 0.5) is 0 Å². The molecule has 2 nitrogen and oxygen atoms in total. The Labute approximate surface area is 89.5 Å². The van der Waals surface area contributed by atoms with E-state index in [1.807, 2.05) is 6.92 Å². The molecular weight excluding hydrogens is 196 g/mol. The highest BCUT2D eigenvalue weighted by Crippen LogP contribution is 2.18. The molecular formula is C11H18O2S. The van der Waals surface area contributed by atoms with Gasteiger partial charge < -0.3 is 9.84 Å². The topological polar surface area (TPSA) is 29.5 Å². The predicted octanol–water partition coefficient (Wildman–Crippen LogP) is 2.47. The van der Waals surface area contributed by atoms with Crippen molar-refractivity contribution in [3.05, 3.63) is 22.4 Å². The van der Waals surface area contributed by atoms with Gasteiger partial charge in [-0.2, -0.15) is 11.3 Å². The number of thiophene rings is 1. The highest BCUT2D eigenvalue weighted by Gasteiger charge is 2.19. The van der Waals surface area contributed by atoms with Crippen LogP contribution in [0.5, 0.6) is 0 Å². The highest BCUT2D eigenvalue weighted by atomic mass is 32.1. The Morgan fingerprint density at radius 2 is 2.29 bits per heavy atom. The smallest absolute Gasteiger partial charge is 0.0644 e. The second-order valence-corrected chi connectivity index (χ2v) is 4.65. The van der Waals surface area contributed by atoms with Crippen LogP contribution in [0.15, 0.2) is 16.8 Å². The zero-order chi connectivity index (χ0) is 10.4. The highest BCUT2D eigenvalue weighted by molar-refractivity contribution is 7.07. The van der Waals surface area contributed by atoms with E-state index in [-0.39, 0.29) is 0 Å². The summed E-state index contributed by atoms with van der Waals surface area (Å²) in [5.74, 6) is 0. The van der Waals surface area contributed by atoms with Crippen molar-refractivity contribution in [3.8, 4) is 0 Å². The molecule has 0 radical (unpaired) electrons. The molecule has 0 bridgehead atoms. The first-order chi connectivity index (χ1) is 6.64. The minimum Gasteiger partial charge on any atom is -0.390 e. The van der Waals surface area contributed by atoms with Crippen molar-refractivity contribution in [2.75, 3.05) is 13.7 Å². The van der Waals surface area contributed by atoms with E-state index in [2.05, 4.69) is 16.8 Å². The third-order valence-electron chi connectivity index (χ3n) is 2.38. The molecule has 0 aliphatic heterocycles. The second kappa shape index (κ2) is 5.49. The number of hydrogen-bond donors (Lipinski definition) is 1. The van der Waals surface area contributed by atoms with Gasteiger partial charge in [-0.05, 0) is 48.6 Å². The van der Waals surface area contributed by atoms with Gasteiger partial charge in [0.15, 0.2) is 0 Å². The van der Waals surface area contributed by atoms with Crippen LogP contribution in [-0.2, 0) is 11.2 Å². The van der Waals surface area contributed by atoms with Crippen molar-refractivity contribution < 1.29 is 9.84 Å². The van der Waals surface area contributed by atoms with Crippen LogP contribution in [0.2, 0.25) is 0 Å². The lowest BCUT2D eigenvalue weighted by Crippen LogP contribution is -2.26. The normalized spacial score (nSPS) is 15.4. The lowest BCUT2D eigenvalue weighted by molar-refractivity contribution is 0.0176. The number of aryl methyl sites for hydroxylation is 1. The molecule has 0 saturated carbocycles. The molecule has 0 spiro atoms. The Morgan fingerprint density at radius 3 is 2.86 bits per heavy atom. The van der Waals surface area contributed by atoms with E-state index in [4.69, 9.17) is 4.74 Å². The zero-order valence-electron chi connectivity index (χ0n) is 8.82. The van der Waals surface area contributed by atoms with E-state index in [1.165, 1.54) is 5.56 Å². The molecule has 1 aromatic rings. The summed E-state index contributed by atoms with van der Waals surface area (Å²) < 4.78 is 4.96. The van der Waals surface area contributed by atoms with E-state index in [0.29, 0.717) is 13.0 Å². The maximum absolute atomic E-state index is 9.97. The molecule has 1 atom stereocenters. The Bertz CT molecular complexity index is 242. The monoisotopic (exact) mass is 214 g/mol. The van der Waals surface area contributed by atoms with Crippen LogP contribution in [0.1, 0.15) is 25.3 Å². The molecule has 1 N–H and O–H groups in total. The van der Waals surface area contributed by atoms with Gasteiger partial charge in [-0.15, -0.1) is 0 Å². The van der Waals surface area contributed by atoms with Gasteiger partial charge >= 0.3 is 0 Å². The molecule has 80 valence electrons. The second-order valence-electron chi connectivity index (χ2n) is 3.87. The fourth-order valence-corrected chi connectivity index (χ4v) is 2.00. The van der Waals surface area contributed by atoms with Crippen LogP contribution in [0, 0.1) is 0 Å². The van der Waals surface area contributed by atoms with Crippen molar-refractivity contribution >= 4 is 11.3 Å². The van der Waals surface area contributed by atoms with Gasteiger partial charge in [0.05, 0.1) is 5.60 Å². The molecule has 1 heterocycles. The Balaban J connectivity index is 2.28. The van der Waals surface area contributed by atoms with Gasteiger partial charge in [0.1, 0.15) is 0 Å². The van der Waals surface area contributed by atoms with Gasteiger partial charge in [-0.3, -0.25) is 0 Å². The quantitative estimate of drug-likeness (QED) is 0.788. The first-order valence-electron chi connectivity index (χ1n) is 4.86. The average molecular weight is 214 g/mol. The maximum atomic E-state index is 9.97. The largest absolute Gasteiger partial charge is 0.390 e. The van der Waals surface area contributed by atoms with Gasteiger partial charge in [0, 0.05) is 13.7 Å². The van der Waals surface area contributed by atoms with Crippen LogP contribution in [0.3, 0.4) is 0 Å². The minimum absolute atomic E-state index is 0.599. The maximum Gasteiger partial charge on any atom is 0.0644 e. The van der Waals surface area contributed by atoms with E-state index >= 15 is 0 Å². The summed E-state index contributed by atoms with van der Waals surface area (Å²) in [7, 11) is 1.66. The summed E-state index contributed by atoms with van der Waals surface area (Å²) in [5, 5.41) is 14.2. The molecule has 0 aromatic carbocycles. The zero-order valence-corrected chi connectivity index (χ0v) is 9.64.